The average Bonchev–Trinajstić information content (AvgIpc) is 3.07. The van der Waals surface area contributed by atoms with Crippen LogP contribution in [0.5, 0.6) is 0 Å². The summed E-state index contributed by atoms with van der Waals surface area (Å²) in [5.74, 6) is 0.458. The fraction of sp³-hybridized carbons (Fsp3) is 0.364. The Morgan fingerprint density at radius 3 is 2.59 bits per heavy atom. The molecule has 0 spiro atoms. The summed E-state index contributed by atoms with van der Waals surface area (Å²) >= 11 is 0. The van der Waals surface area contributed by atoms with Crippen LogP contribution in [0.2, 0.25) is 0 Å². The third-order valence-electron chi connectivity index (χ3n) is 5.58. The first kappa shape index (κ1) is 19.4. The van der Waals surface area contributed by atoms with Gasteiger partial charge in [0.05, 0.1) is 12.2 Å². The maximum absolute atomic E-state index is 14.2. The van der Waals surface area contributed by atoms with Crippen molar-refractivity contribution in [2.45, 2.75) is 38.9 Å². The molecule has 0 saturated carbocycles. The van der Waals surface area contributed by atoms with E-state index in [2.05, 4.69) is 20.5 Å². The van der Waals surface area contributed by atoms with Crippen molar-refractivity contribution >= 4 is 11.5 Å². The second-order valence-corrected chi connectivity index (χ2v) is 7.61. The topological polar surface area (TPSA) is 72.0 Å². The summed E-state index contributed by atoms with van der Waals surface area (Å²) in [4.78, 5) is 2.15. The van der Waals surface area contributed by atoms with Gasteiger partial charge < -0.3 is 16.0 Å². The number of nitrogens with two attached hydrogens (primary N) is 1. The molecule has 1 fully saturated rings. The van der Waals surface area contributed by atoms with Crippen LogP contribution in [-0.4, -0.2) is 34.1 Å². The highest BCUT2D eigenvalue weighted by atomic mass is 19.1. The van der Waals surface area contributed by atoms with Gasteiger partial charge in [-0.15, -0.1) is 5.10 Å². The maximum atomic E-state index is 14.2. The first-order chi connectivity index (χ1) is 14.1. The molecule has 3 N–H and O–H groups in total. The summed E-state index contributed by atoms with van der Waals surface area (Å²) in [6.07, 6.45) is 1.90. The molecule has 0 atom stereocenters. The Morgan fingerprint density at radius 1 is 1.10 bits per heavy atom. The van der Waals surface area contributed by atoms with Crippen molar-refractivity contribution in [3.8, 4) is 0 Å². The summed E-state index contributed by atoms with van der Waals surface area (Å²) in [5, 5.41) is 12.0. The van der Waals surface area contributed by atoms with Crippen LogP contribution in [0.25, 0.3) is 0 Å². The number of aryl methyl sites for hydroxylation is 1. The number of nitrogens with zero attached hydrogens (tertiary/aromatic N) is 4. The number of piperidine rings is 1. The van der Waals surface area contributed by atoms with Gasteiger partial charge in [0.1, 0.15) is 17.3 Å². The van der Waals surface area contributed by atoms with Gasteiger partial charge in [-0.2, -0.15) is 0 Å². The molecule has 152 valence electrons. The molecular weight excluding hydrogens is 367 g/mol. The zero-order valence-corrected chi connectivity index (χ0v) is 16.7. The standard InChI is InChI=1S/C22H27FN6/c1-16-6-5-9-19(23)21(16)28-12-10-18(11-13-28)25-14-20-22(24)29(27-26-20)15-17-7-3-2-4-8-17/h2-9,18,25H,10-15,24H2,1H3. The molecule has 0 radical (unpaired) electrons. The minimum atomic E-state index is -0.140. The van der Waals surface area contributed by atoms with E-state index in [0.29, 0.717) is 24.9 Å². The van der Waals surface area contributed by atoms with Crippen molar-refractivity contribution in [1.29, 1.82) is 0 Å². The van der Waals surface area contributed by atoms with Gasteiger partial charge in [0.2, 0.25) is 0 Å². The first-order valence-electron chi connectivity index (χ1n) is 10.1. The van der Waals surface area contributed by atoms with Gasteiger partial charge in [0.25, 0.3) is 0 Å². The SMILES string of the molecule is Cc1cccc(F)c1N1CCC(NCc2nnn(Cc3ccccc3)c2N)CC1. The number of hydrogen-bond acceptors (Lipinski definition) is 5. The highest BCUT2D eigenvalue weighted by molar-refractivity contribution is 5.54. The van der Waals surface area contributed by atoms with Crippen molar-refractivity contribution in [1.82, 2.24) is 20.3 Å². The van der Waals surface area contributed by atoms with E-state index in [1.807, 2.05) is 43.3 Å². The molecule has 0 unspecified atom stereocenters. The molecule has 0 bridgehead atoms. The van der Waals surface area contributed by atoms with Gasteiger partial charge in [-0.25, -0.2) is 9.07 Å². The van der Waals surface area contributed by atoms with Crippen LogP contribution in [0.4, 0.5) is 15.9 Å². The van der Waals surface area contributed by atoms with E-state index in [1.165, 1.54) is 6.07 Å². The predicted molar refractivity (Wildman–Crippen MR) is 113 cm³/mol. The number of rotatable bonds is 6. The number of para-hydroxylation sites is 1. The van der Waals surface area contributed by atoms with E-state index < -0.39 is 0 Å². The van der Waals surface area contributed by atoms with Crippen LogP contribution >= 0.6 is 0 Å². The number of benzene rings is 2. The monoisotopic (exact) mass is 394 g/mol. The van der Waals surface area contributed by atoms with Crippen LogP contribution < -0.4 is 16.0 Å². The lowest BCUT2D eigenvalue weighted by Crippen LogP contribution is -2.43. The quantitative estimate of drug-likeness (QED) is 0.672. The minimum Gasteiger partial charge on any atom is -0.382 e. The lowest BCUT2D eigenvalue weighted by Gasteiger charge is -2.35. The smallest absolute Gasteiger partial charge is 0.147 e. The van der Waals surface area contributed by atoms with Crippen molar-refractivity contribution < 1.29 is 4.39 Å². The Hall–Kier alpha value is -2.93. The Balaban J connectivity index is 1.31. The molecule has 0 aliphatic carbocycles. The molecule has 1 aromatic heterocycles. The lowest BCUT2D eigenvalue weighted by molar-refractivity contribution is 0.409. The molecule has 2 heterocycles. The van der Waals surface area contributed by atoms with Crippen LogP contribution in [0.15, 0.2) is 48.5 Å². The molecule has 0 amide bonds. The number of nitrogens with one attached hydrogen (secondary N) is 1. The van der Waals surface area contributed by atoms with E-state index in [0.717, 1.165) is 48.4 Å². The molecule has 6 nitrogen and oxygen atoms in total. The normalized spacial score (nSPS) is 15.0. The van der Waals surface area contributed by atoms with E-state index in [-0.39, 0.29) is 5.82 Å². The van der Waals surface area contributed by atoms with Crippen molar-refractivity contribution in [2.24, 2.45) is 0 Å². The molecule has 4 rings (SSSR count). The molecule has 1 aliphatic rings. The van der Waals surface area contributed by atoms with Gasteiger partial charge in [-0.05, 0) is 37.0 Å². The van der Waals surface area contributed by atoms with Crippen LogP contribution in [0.1, 0.15) is 29.7 Å². The Morgan fingerprint density at radius 2 is 1.86 bits per heavy atom. The molecule has 7 heteroatoms. The van der Waals surface area contributed by atoms with Crippen molar-refractivity contribution in [3.63, 3.8) is 0 Å². The third-order valence-corrected chi connectivity index (χ3v) is 5.58. The zero-order valence-electron chi connectivity index (χ0n) is 16.7. The average molecular weight is 394 g/mol. The summed E-state index contributed by atoms with van der Waals surface area (Å²) in [5.41, 5.74) is 9.88. The van der Waals surface area contributed by atoms with Gasteiger partial charge >= 0.3 is 0 Å². The summed E-state index contributed by atoms with van der Waals surface area (Å²) in [6.45, 7) is 4.82. The van der Waals surface area contributed by atoms with Crippen LogP contribution in [0, 0.1) is 12.7 Å². The van der Waals surface area contributed by atoms with Gasteiger partial charge in [-0.1, -0.05) is 47.7 Å². The van der Waals surface area contributed by atoms with Crippen LogP contribution in [0.3, 0.4) is 0 Å². The molecule has 29 heavy (non-hydrogen) atoms. The summed E-state index contributed by atoms with van der Waals surface area (Å²) < 4.78 is 15.9. The predicted octanol–water partition coefficient (Wildman–Crippen LogP) is 3.11. The van der Waals surface area contributed by atoms with E-state index >= 15 is 0 Å². The second kappa shape index (κ2) is 8.61. The molecule has 1 aliphatic heterocycles. The minimum absolute atomic E-state index is 0.140. The largest absolute Gasteiger partial charge is 0.382 e. The van der Waals surface area contributed by atoms with E-state index in [1.54, 1.807) is 10.7 Å². The van der Waals surface area contributed by atoms with Crippen molar-refractivity contribution in [2.75, 3.05) is 23.7 Å². The number of anilines is 2. The number of halogens is 1. The van der Waals surface area contributed by atoms with E-state index in [4.69, 9.17) is 5.73 Å². The number of hydrogen-bond donors (Lipinski definition) is 2. The fourth-order valence-corrected chi connectivity index (χ4v) is 3.93. The third kappa shape index (κ3) is 4.40. The van der Waals surface area contributed by atoms with Gasteiger partial charge in [0, 0.05) is 25.7 Å². The fourth-order valence-electron chi connectivity index (χ4n) is 3.93. The number of aromatic nitrogens is 3. The number of nitrogen functional groups attached to an aromatic ring is 1. The summed E-state index contributed by atoms with van der Waals surface area (Å²) in [7, 11) is 0. The molecule has 3 aromatic rings. The Kier molecular flexibility index (Phi) is 5.76. The second-order valence-electron chi connectivity index (χ2n) is 7.61. The van der Waals surface area contributed by atoms with Crippen LogP contribution in [-0.2, 0) is 13.1 Å². The highest BCUT2D eigenvalue weighted by Gasteiger charge is 2.22. The van der Waals surface area contributed by atoms with Crippen molar-refractivity contribution in [3.05, 3.63) is 71.2 Å². The molecular formula is C22H27FN6. The van der Waals surface area contributed by atoms with Gasteiger partial charge in [-0.3, -0.25) is 0 Å². The van der Waals surface area contributed by atoms with Gasteiger partial charge in [0.15, 0.2) is 0 Å². The Bertz CT molecular complexity index is 927. The lowest BCUT2D eigenvalue weighted by atomic mass is 10.0. The first-order valence-corrected chi connectivity index (χ1v) is 10.1. The zero-order chi connectivity index (χ0) is 20.2. The van der Waals surface area contributed by atoms with E-state index in [9.17, 15) is 4.39 Å². The maximum Gasteiger partial charge on any atom is 0.147 e. The molecule has 2 aromatic carbocycles. The summed E-state index contributed by atoms with van der Waals surface area (Å²) in [6, 6.07) is 15.7. The highest BCUT2D eigenvalue weighted by Crippen LogP contribution is 2.27. The Labute approximate surface area is 170 Å². The molecule has 1 saturated heterocycles.